The van der Waals surface area contributed by atoms with Crippen LogP contribution in [0, 0.1) is 0 Å². The molecular formula is C24H22F3N5O2S. The summed E-state index contributed by atoms with van der Waals surface area (Å²) in [7, 11) is 0. The van der Waals surface area contributed by atoms with E-state index in [4.69, 9.17) is 4.74 Å². The van der Waals surface area contributed by atoms with E-state index in [9.17, 15) is 18.0 Å². The molecule has 1 saturated heterocycles. The van der Waals surface area contributed by atoms with Gasteiger partial charge in [0.25, 0.3) is 0 Å². The monoisotopic (exact) mass is 501 g/mol. The van der Waals surface area contributed by atoms with Gasteiger partial charge in [-0.25, -0.2) is 9.97 Å². The van der Waals surface area contributed by atoms with Gasteiger partial charge in [-0.2, -0.15) is 13.2 Å². The number of carbonyl (C=O) groups excluding carboxylic acids is 1. The van der Waals surface area contributed by atoms with Crippen molar-refractivity contribution < 1.29 is 22.7 Å². The minimum absolute atomic E-state index is 0.0573. The van der Waals surface area contributed by atoms with Crippen molar-refractivity contribution >= 4 is 28.0 Å². The molecule has 1 amide bonds. The first-order chi connectivity index (χ1) is 16.8. The normalized spacial score (nSPS) is 14.9. The number of alkyl halides is 3. The van der Waals surface area contributed by atoms with Gasteiger partial charge in [-0.3, -0.25) is 9.69 Å². The summed E-state index contributed by atoms with van der Waals surface area (Å²) >= 11 is 1.37. The first-order valence-corrected chi connectivity index (χ1v) is 11.9. The second-order valence-corrected chi connectivity index (χ2v) is 9.08. The Balaban J connectivity index is 1.29. The molecule has 1 aromatic carbocycles. The summed E-state index contributed by atoms with van der Waals surface area (Å²) in [6.07, 6.45) is -0.970. The van der Waals surface area contributed by atoms with Crippen LogP contribution in [0.2, 0.25) is 0 Å². The van der Waals surface area contributed by atoms with Gasteiger partial charge in [0.15, 0.2) is 5.13 Å². The highest BCUT2D eigenvalue weighted by molar-refractivity contribution is 7.13. The second kappa shape index (κ2) is 9.76. The van der Waals surface area contributed by atoms with Crippen molar-refractivity contribution in [2.45, 2.75) is 19.1 Å². The van der Waals surface area contributed by atoms with Gasteiger partial charge in [0, 0.05) is 48.5 Å². The van der Waals surface area contributed by atoms with Gasteiger partial charge in [0.2, 0.25) is 5.91 Å². The molecule has 0 bridgehead atoms. The number of ether oxygens (including phenoxy) is 1. The van der Waals surface area contributed by atoms with Gasteiger partial charge in [-0.15, -0.1) is 11.3 Å². The molecular weight excluding hydrogens is 479 g/mol. The van der Waals surface area contributed by atoms with Crippen LogP contribution in [0.1, 0.15) is 16.8 Å². The number of amides is 1. The second-order valence-electron chi connectivity index (χ2n) is 8.23. The Morgan fingerprint density at radius 3 is 2.77 bits per heavy atom. The number of imidazole rings is 1. The molecule has 11 heteroatoms. The zero-order valence-corrected chi connectivity index (χ0v) is 19.4. The zero-order valence-electron chi connectivity index (χ0n) is 18.6. The number of rotatable bonds is 6. The quantitative estimate of drug-likeness (QED) is 0.422. The summed E-state index contributed by atoms with van der Waals surface area (Å²) in [5.74, 6) is -0.242. The van der Waals surface area contributed by atoms with Gasteiger partial charge in [-0.1, -0.05) is 18.2 Å². The van der Waals surface area contributed by atoms with E-state index in [2.05, 4.69) is 20.2 Å². The van der Waals surface area contributed by atoms with Crippen LogP contribution in [0.3, 0.4) is 0 Å². The lowest BCUT2D eigenvalue weighted by molar-refractivity contribution is -0.137. The molecule has 182 valence electrons. The zero-order chi connectivity index (χ0) is 24.4. The number of anilines is 1. The number of benzene rings is 1. The Hall–Kier alpha value is -3.28. The first-order valence-electron chi connectivity index (χ1n) is 11.0. The smallest absolute Gasteiger partial charge is 0.379 e. The van der Waals surface area contributed by atoms with Crippen molar-refractivity contribution in [2.75, 3.05) is 31.6 Å². The molecule has 5 rings (SSSR count). The SMILES string of the molecule is O=C(Cc1cccn2cc(-c3cccc(C(F)(F)F)c3)nc12)Nc1nc(CN2CCOCC2)cs1. The average Bonchev–Trinajstić information content (AvgIpc) is 3.47. The van der Waals surface area contributed by atoms with E-state index < -0.39 is 11.7 Å². The molecule has 4 aromatic rings. The third-order valence-electron chi connectivity index (χ3n) is 5.69. The summed E-state index contributed by atoms with van der Waals surface area (Å²) < 4.78 is 46.4. The molecule has 0 spiro atoms. The van der Waals surface area contributed by atoms with Crippen LogP contribution in [0.15, 0.2) is 54.2 Å². The number of carbonyl (C=O) groups is 1. The molecule has 1 aliphatic heterocycles. The number of hydrogen-bond acceptors (Lipinski definition) is 6. The molecule has 7 nitrogen and oxygen atoms in total. The number of aromatic nitrogens is 3. The summed E-state index contributed by atoms with van der Waals surface area (Å²) in [6.45, 7) is 3.85. The summed E-state index contributed by atoms with van der Waals surface area (Å²) in [5, 5.41) is 5.30. The molecule has 0 atom stereocenters. The topological polar surface area (TPSA) is 71.8 Å². The fourth-order valence-corrected chi connectivity index (χ4v) is 4.68. The van der Waals surface area contributed by atoms with Crippen molar-refractivity contribution in [3.63, 3.8) is 0 Å². The largest absolute Gasteiger partial charge is 0.416 e. The number of halogens is 3. The maximum atomic E-state index is 13.1. The van der Waals surface area contributed by atoms with Crippen LogP contribution in [-0.2, 0) is 28.7 Å². The molecule has 1 fully saturated rings. The van der Waals surface area contributed by atoms with Crippen molar-refractivity contribution in [3.05, 3.63) is 71.0 Å². The molecule has 0 saturated carbocycles. The Morgan fingerprint density at radius 2 is 1.97 bits per heavy atom. The number of fused-ring (bicyclic) bond motifs is 1. The molecule has 35 heavy (non-hydrogen) atoms. The number of nitrogens with zero attached hydrogens (tertiary/aromatic N) is 4. The molecule has 1 aliphatic rings. The van der Waals surface area contributed by atoms with Gasteiger partial charge in [-0.05, 0) is 18.2 Å². The maximum absolute atomic E-state index is 13.1. The maximum Gasteiger partial charge on any atom is 0.416 e. The van der Waals surface area contributed by atoms with Gasteiger partial charge in [0.1, 0.15) is 5.65 Å². The van der Waals surface area contributed by atoms with Crippen molar-refractivity contribution in [2.24, 2.45) is 0 Å². The third-order valence-corrected chi connectivity index (χ3v) is 6.49. The average molecular weight is 502 g/mol. The molecule has 3 aromatic heterocycles. The lowest BCUT2D eigenvalue weighted by atomic mass is 10.1. The van der Waals surface area contributed by atoms with Crippen LogP contribution in [0.25, 0.3) is 16.9 Å². The minimum Gasteiger partial charge on any atom is -0.379 e. The fraction of sp³-hybridized carbons (Fsp3) is 0.292. The summed E-state index contributed by atoms with van der Waals surface area (Å²) in [4.78, 5) is 24.0. The highest BCUT2D eigenvalue weighted by Gasteiger charge is 2.30. The van der Waals surface area contributed by atoms with Gasteiger partial charge in [0.05, 0.1) is 36.6 Å². The van der Waals surface area contributed by atoms with Crippen LogP contribution >= 0.6 is 11.3 Å². The van der Waals surface area contributed by atoms with E-state index in [0.29, 0.717) is 47.4 Å². The Morgan fingerprint density at radius 1 is 1.14 bits per heavy atom. The van der Waals surface area contributed by atoms with Gasteiger partial charge >= 0.3 is 6.18 Å². The van der Waals surface area contributed by atoms with Crippen molar-refractivity contribution in [1.29, 1.82) is 0 Å². The highest BCUT2D eigenvalue weighted by atomic mass is 32.1. The number of nitrogens with one attached hydrogen (secondary N) is 1. The lowest BCUT2D eigenvalue weighted by Gasteiger charge is -2.25. The van der Waals surface area contributed by atoms with Crippen LogP contribution in [-0.4, -0.2) is 51.5 Å². The Labute approximate surface area is 203 Å². The standard InChI is InChI=1S/C24H22F3N5O2S/c25-24(26,27)18-5-1-3-16(11-18)20-14-32-6-2-4-17(22(32)29-20)12-21(33)30-23-28-19(15-35-23)13-31-7-9-34-10-8-31/h1-6,11,14-15H,7-10,12-13H2,(H,28,30,33). The lowest BCUT2D eigenvalue weighted by Crippen LogP contribution is -2.35. The molecule has 4 heterocycles. The van der Waals surface area contributed by atoms with E-state index in [-0.39, 0.29) is 12.3 Å². The van der Waals surface area contributed by atoms with E-state index in [1.807, 2.05) is 5.38 Å². The highest BCUT2D eigenvalue weighted by Crippen LogP contribution is 2.32. The summed E-state index contributed by atoms with van der Waals surface area (Å²) in [5.41, 5.74) is 2.10. The molecule has 1 N–H and O–H groups in total. The van der Waals surface area contributed by atoms with E-state index >= 15 is 0 Å². The number of pyridine rings is 1. The molecule has 0 unspecified atom stereocenters. The van der Waals surface area contributed by atoms with Crippen molar-refractivity contribution in [1.82, 2.24) is 19.3 Å². The molecule has 0 radical (unpaired) electrons. The van der Waals surface area contributed by atoms with Crippen LogP contribution in [0.5, 0.6) is 0 Å². The number of thiazole rings is 1. The van der Waals surface area contributed by atoms with E-state index in [1.54, 1.807) is 35.0 Å². The minimum atomic E-state index is -4.43. The van der Waals surface area contributed by atoms with E-state index in [0.717, 1.165) is 30.9 Å². The van der Waals surface area contributed by atoms with Crippen LogP contribution in [0.4, 0.5) is 18.3 Å². The predicted molar refractivity (Wildman–Crippen MR) is 126 cm³/mol. The molecule has 0 aliphatic carbocycles. The fourth-order valence-electron chi connectivity index (χ4n) is 3.97. The number of hydrogen-bond donors (Lipinski definition) is 1. The third kappa shape index (κ3) is 5.53. The van der Waals surface area contributed by atoms with Crippen LogP contribution < -0.4 is 5.32 Å². The summed E-state index contributed by atoms with van der Waals surface area (Å²) in [6, 6.07) is 8.60. The Kier molecular flexibility index (Phi) is 6.54. The first kappa shape index (κ1) is 23.5. The number of morpholine rings is 1. The van der Waals surface area contributed by atoms with E-state index in [1.165, 1.54) is 17.4 Å². The Bertz CT molecular complexity index is 1340. The predicted octanol–water partition coefficient (Wildman–Crippen LogP) is 4.49. The van der Waals surface area contributed by atoms with Gasteiger partial charge < -0.3 is 14.5 Å². The van der Waals surface area contributed by atoms with Crippen molar-refractivity contribution in [3.8, 4) is 11.3 Å².